The van der Waals surface area contributed by atoms with E-state index in [1.54, 1.807) is 0 Å². The number of hydrogen-bond donors (Lipinski definition) is 3. The van der Waals surface area contributed by atoms with E-state index in [1.807, 2.05) is 0 Å². The van der Waals surface area contributed by atoms with Crippen molar-refractivity contribution in [2.24, 2.45) is 0 Å². The maximum absolute atomic E-state index is 13.4. The van der Waals surface area contributed by atoms with Crippen LogP contribution in [-0.4, -0.2) is 38.9 Å². The van der Waals surface area contributed by atoms with Gasteiger partial charge in [0.15, 0.2) is 0 Å². The van der Waals surface area contributed by atoms with Crippen molar-refractivity contribution in [3.63, 3.8) is 0 Å². The number of sulfonamides is 1. The van der Waals surface area contributed by atoms with Crippen molar-refractivity contribution in [3.8, 4) is 0 Å². The van der Waals surface area contributed by atoms with Gasteiger partial charge in [0.05, 0.1) is 17.2 Å². The van der Waals surface area contributed by atoms with Crippen LogP contribution in [0.25, 0.3) is 0 Å². The Morgan fingerprint density at radius 2 is 2.25 bits per heavy atom. The summed E-state index contributed by atoms with van der Waals surface area (Å²) in [6.07, 6.45) is 0.361. The number of nitrogens with two attached hydrogens (primary N) is 1. The van der Waals surface area contributed by atoms with E-state index in [4.69, 9.17) is 10.5 Å². The Bertz CT molecular complexity index is 589. The summed E-state index contributed by atoms with van der Waals surface area (Å²) in [6.45, 7) is 1.75. The van der Waals surface area contributed by atoms with E-state index < -0.39 is 21.4 Å². The number of hydrogen-bond acceptors (Lipinski definition) is 5. The van der Waals surface area contributed by atoms with Gasteiger partial charge in [0.2, 0.25) is 10.0 Å². The average molecular weight is 304 g/mol. The number of rotatable bonds is 4. The highest BCUT2D eigenvalue weighted by Crippen LogP contribution is 2.22. The van der Waals surface area contributed by atoms with E-state index in [-0.39, 0.29) is 29.3 Å². The number of anilines is 1. The Hall–Kier alpha value is -1.22. The van der Waals surface area contributed by atoms with Crippen LogP contribution < -0.4 is 10.5 Å². The third-order valence-corrected chi connectivity index (χ3v) is 4.62. The van der Waals surface area contributed by atoms with Gasteiger partial charge in [0.1, 0.15) is 11.4 Å². The van der Waals surface area contributed by atoms with Gasteiger partial charge in [-0.3, -0.25) is 0 Å². The minimum Gasteiger partial charge on any atom is -0.396 e. The minimum absolute atomic E-state index is 0.0834. The summed E-state index contributed by atoms with van der Waals surface area (Å²) in [5, 5.41) is 10.0. The summed E-state index contributed by atoms with van der Waals surface area (Å²) in [5.41, 5.74) is 4.14. The number of aliphatic hydroxyl groups is 1. The van der Waals surface area contributed by atoms with Crippen LogP contribution in [0.3, 0.4) is 0 Å². The van der Waals surface area contributed by atoms with Crippen molar-refractivity contribution in [3.05, 3.63) is 23.5 Å². The molecule has 1 unspecified atom stereocenters. The number of nitrogens with one attached hydrogen (secondary N) is 1. The summed E-state index contributed by atoms with van der Waals surface area (Å²) in [5.74, 6) is -0.633. The van der Waals surface area contributed by atoms with Crippen LogP contribution in [0.15, 0.2) is 17.0 Å². The number of halogens is 1. The summed E-state index contributed by atoms with van der Waals surface area (Å²) in [7, 11) is -3.86. The predicted octanol–water partition coefficient (Wildman–Crippen LogP) is 0.146. The first kappa shape index (κ1) is 15.2. The van der Waals surface area contributed by atoms with Crippen molar-refractivity contribution in [1.29, 1.82) is 0 Å². The van der Waals surface area contributed by atoms with E-state index >= 15 is 0 Å². The maximum Gasteiger partial charge on any atom is 0.240 e. The molecule has 0 saturated carbocycles. The number of ether oxygens (including phenoxy) is 1. The molecule has 1 aliphatic rings. The van der Waals surface area contributed by atoms with Gasteiger partial charge in [0, 0.05) is 19.6 Å². The highest BCUT2D eigenvalue weighted by Gasteiger charge is 2.33. The van der Waals surface area contributed by atoms with Gasteiger partial charge >= 0.3 is 0 Å². The zero-order valence-electron chi connectivity index (χ0n) is 11.0. The largest absolute Gasteiger partial charge is 0.396 e. The summed E-state index contributed by atoms with van der Waals surface area (Å²) < 4.78 is 44.9. The van der Waals surface area contributed by atoms with Crippen molar-refractivity contribution >= 4 is 15.7 Å². The molecule has 1 heterocycles. The average Bonchev–Trinajstić information content (AvgIpc) is 2.81. The minimum atomic E-state index is -3.86. The number of benzene rings is 1. The lowest BCUT2D eigenvalue weighted by Gasteiger charge is -2.20. The summed E-state index contributed by atoms with van der Waals surface area (Å²) in [4.78, 5) is -0.128. The zero-order chi connectivity index (χ0) is 15.0. The molecule has 0 bridgehead atoms. The van der Waals surface area contributed by atoms with E-state index in [9.17, 15) is 17.9 Å². The Morgan fingerprint density at radius 1 is 1.55 bits per heavy atom. The Kier molecular flexibility index (Phi) is 4.01. The summed E-state index contributed by atoms with van der Waals surface area (Å²) in [6, 6.07) is 2.25. The number of aryl methyl sites for hydroxylation is 1. The highest BCUT2D eigenvalue weighted by atomic mass is 32.2. The van der Waals surface area contributed by atoms with Crippen LogP contribution >= 0.6 is 0 Å². The Balaban J connectivity index is 2.18. The third-order valence-electron chi connectivity index (χ3n) is 3.24. The van der Waals surface area contributed by atoms with Gasteiger partial charge in [-0.2, -0.15) is 0 Å². The van der Waals surface area contributed by atoms with E-state index in [0.29, 0.717) is 13.0 Å². The molecule has 1 atom stereocenters. The lowest BCUT2D eigenvalue weighted by atomic mass is 10.1. The fraction of sp³-hybridized carbons (Fsp3) is 0.500. The smallest absolute Gasteiger partial charge is 0.240 e. The maximum atomic E-state index is 13.4. The SMILES string of the molecule is Cc1cc(S(=O)(=O)NCC2(O)CCOC2)cc(N)c1F. The molecule has 0 aromatic heterocycles. The lowest BCUT2D eigenvalue weighted by molar-refractivity contribution is 0.0314. The highest BCUT2D eigenvalue weighted by molar-refractivity contribution is 7.89. The first-order chi connectivity index (χ1) is 9.23. The second-order valence-corrected chi connectivity index (χ2v) is 6.76. The second-order valence-electron chi connectivity index (χ2n) is 4.99. The van der Waals surface area contributed by atoms with E-state index in [2.05, 4.69) is 4.72 Å². The summed E-state index contributed by atoms with van der Waals surface area (Å²) >= 11 is 0. The zero-order valence-corrected chi connectivity index (χ0v) is 11.8. The van der Waals surface area contributed by atoms with Crippen LogP contribution in [0.4, 0.5) is 10.1 Å². The first-order valence-electron chi connectivity index (χ1n) is 6.09. The van der Waals surface area contributed by atoms with Gasteiger partial charge < -0.3 is 15.6 Å². The normalized spacial score (nSPS) is 23.1. The quantitative estimate of drug-likeness (QED) is 0.687. The van der Waals surface area contributed by atoms with Crippen molar-refractivity contribution in [1.82, 2.24) is 4.72 Å². The molecule has 4 N–H and O–H groups in total. The molecule has 1 aromatic rings. The lowest BCUT2D eigenvalue weighted by Crippen LogP contribution is -2.43. The topological polar surface area (TPSA) is 102 Å². The fourth-order valence-corrected chi connectivity index (χ4v) is 3.21. The van der Waals surface area contributed by atoms with Crippen LogP contribution in [0, 0.1) is 12.7 Å². The first-order valence-corrected chi connectivity index (χ1v) is 7.57. The van der Waals surface area contributed by atoms with Gasteiger partial charge in [-0.1, -0.05) is 0 Å². The molecule has 1 aromatic carbocycles. The fourth-order valence-electron chi connectivity index (χ4n) is 1.97. The van der Waals surface area contributed by atoms with E-state index in [0.717, 1.165) is 6.07 Å². The van der Waals surface area contributed by atoms with Gasteiger partial charge in [-0.15, -0.1) is 0 Å². The molecule has 112 valence electrons. The molecular weight excluding hydrogens is 287 g/mol. The molecule has 6 nitrogen and oxygen atoms in total. The Morgan fingerprint density at radius 3 is 2.80 bits per heavy atom. The Labute approximate surface area is 116 Å². The van der Waals surface area contributed by atoms with Crippen LogP contribution in [0.5, 0.6) is 0 Å². The molecular formula is C12H17FN2O4S. The molecule has 1 fully saturated rings. The van der Waals surface area contributed by atoms with Crippen molar-refractivity contribution in [2.75, 3.05) is 25.5 Å². The molecule has 8 heteroatoms. The standard InChI is InChI=1S/C12H17FN2O4S/c1-8-4-9(5-10(14)11(8)13)20(17,18)15-6-12(16)2-3-19-7-12/h4-5,15-16H,2-3,6-7,14H2,1H3. The van der Waals surface area contributed by atoms with Gasteiger partial charge in [-0.05, 0) is 24.6 Å². The molecule has 1 aliphatic heterocycles. The molecule has 0 amide bonds. The van der Waals surface area contributed by atoms with E-state index in [1.165, 1.54) is 13.0 Å². The molecule has 2 rings (SSSR count). The predicted molar refractivity (Wildman–Crippen MR) is 71.1 cm³/mol. The molecule has 0 aliphatic carbocycles. The van der Waals surface area contributed by atoms with Crippen LogP contribution in [0.1, 0.15) is 12.0 Å². The van der Waals surface area contributed by atoms with Crippen LogP contribution in [0.2, 0.25) is 0 Å². The molecule has 1 saturated heterocycles. The monoisotopic (exact) mass is 304 g/mol. The van der Waals surface area contributed by atoms with Crippen LogP contribution in [-0.2, 0) is 14.8 Å². The molecule has 20 heavy (non-hydrogen) atoms. The molecule has 0 spiro atoms. The van der Waals surface area contributed by atoms with Crippen molar-refractivity contribution in [2.45, 2.75) is 23.8 Å². The molecule has 0 radical (unpaired) electrons. The second kappa shape index (κ2) is 5.28. The number of nitrogen functional groups attached to an aromatic ring is 1. The third kappa shape index (κ3) is 3.09. The van der Waals surface area contributed by atoms with Gasteiger partial charge in [-0.25, -0.2) is 17.5 Å². The van der Waals surface area contributed by atoms with Gasteiger partial charge in [0.25, 0.3) is 0 Å². The van der Waals surface area contributed by atoms with Crippen molar-refractivity contribution < 1.29 is 22.7 Å².